The Morgan fingerprint density at radius 2 is 2.00 bits per heavy atom. The number of carbonyl (C=O) groups excluding carboxylic acids is 1. The highest BCUT2D eigenvalue weighted by Crippen LogP contribution is 2.30. The van der Waals surface area contributed by atoms with E-state index in [2.05, 4.69) is 17.2 Å². The molecule has 0 saturated heterocycles. The molecule has 0 radical (unpaired) electrons. The van der Waals surface area contributed by atoms with Gasteiger partial charge in [0.1, 0.15) is 5.75 Å². The van der Waals surface area contributed by atoms with E-state index < -0.39 is 0 Å². The number of para-hydroxylation sites is 1. The first-order valence-electron chi connectivity index (χ1n) is 8.58. The molecule has 0 fully saturated rings. The normalized spacial score (nSPS) is 10.9. The van der Waals surface area contributed by atoms with Crippen molar-refractivity contribution < 1.29 is 9.53 Å². The summed E-state index contributed by atoms with van der Waals surface area (Å²) in [6.07, 6.45) is 4.14. The van der Waals surface area contributed by atoms with E-state index in [0.717, 1.165) is 29.0 Å². The van der Waals surface area contributed by atoms with Gasteiger partial charge in [-0.1, -0.05) is 54.9 Å². The van der Waals surface area contributed by atoms with Crippen LogP contribution in [0.4, 0.5) is 5.13 Å². The average Bonchev–Trinajstić information content (AvgIpc) is 3.14. The van der Waals surface area contributed by atoms with Gasteiger partial charge in [0.2, 0.25) is 5.91 Å². The number of anilines is 1. The molecule has 6 heteroatoms. The van der Waals surface area contributed by atoms with Gasteiger partial charge < -0.3 is 4.74 Å². The molecule has 0 spiro atoms. The van der Waals surface area contributed by atoms with Crippen LogP contribution in [0.15, 0.2) is 60.0 Å². The van der Waals surface area contributed by atoms with Crippen LogP contribution < -0.4 is 10.1 Å². The fourth-order valence-electron chi connectivity index (χ4n) is 2.40. The number of aromatic nitrogens is 1. The summed E-state index contributed by atoms with van der Waals surface area (Å²) in [6, 6.07) is 15.1. The van der Waals surface area contributed by atoms with Gasteiger partial charge in [0, 0.05) is 27.6 Å². The van der Waals surface area contributed by atoms with Crippen molar-refractivity contribution in [3.05, 3.63) is 70.6 Å². The minimum atomic E-state index is -0.250. The number of ether oxygens (including phenoxy) is 1. The highest BCUT2D eigenvalue weighted by Gasteiger charge is 2.09. The van der Waals surface area contributed by atoms with Gasteiger partial charge in [0.15, 0.2) is 5.13 Å². The van der Waals surface area contributed by atoms with E-state index in [1.807, 2.05) is 53.9 Å². The lowest BCUT2D eigenvalue weighted by molar-refractivity contribution is -0.111. The fraction of sp³-hybridized carbons (Fsp3) is 0.143. The summed E-state index contributed by atoms with van der Waals surface area (Å²) in [5.74, 6) is 0.513. The third-order valence-electron chi connectivity index (χ3n) is 3.68. The van der Waals surface area contributed by atoms with E-state index in [0.29, 0.717) is 16.8 Å². The Kier molecular flexibility index (Phi) is 6.63. The summed E-state index contributed by atoms with van der Waals surface area (Å²) >= 11 is 7.55. The molecule has 4 nitrogen and oxygen atoms in total. The fourth-order valence-corrected chi connectivity index (χ4v) is 3.34. The average molecular weight is 399 g/mol. The molecule has 0 saturated carbocycles. The molecule has 0 aliphatic heterocycles. The van der Waals surface area contributed by atoms with Gasteiger partial charge in [-0.3, -0.25) is 10.1 Å². The number of rotatable bonds is 7. The molecule has 0 aliphatic carbocycles. The van der Waals surface area contributed by atoms with Gasteiger partial charge in [-0.05, 0) is 24.6 Å². The molecule has 1 heterocycles. The summed E-state index contributed by atoms with van der Waals surface area (Å²) in [6.45, 7) is 2.69. The number of nitrogens with zero attached hydrogens (tertiary/aromatic N) is 1. The van der Waals surface area contributed by atoms with Crippen LogP contribution in [0.3, 0.4) is 0 Å². The molecule has 2 aromatic carbocycles. The van der Waals surface area contributed by atoms with Crippen molar-refractivity contribution in [2.75, 3.05) is 11.9 Å². The zero-order valence-electron chi connectivity index (χ0n) is 14.8. The summed E-state index contributed by atoms with van der Waals surface area (Å²) in [7, 11) is 0. The lowest BCUT2D eigenvalue weighted by Gasteiger charge is -2.07. The second-order valence-electron chi connectivity index (χ2n) is 5.73. The third-order valence-corrected chi connectivity index (χ3v) is 4.77. The van der Waals surface area contributed by atoms with Crippen molar-refractivity contribution in [3.63, 3.8) is 0 Å². The van der Waals surface area contributed by atoms with Crippen LogP contribution >= 0.6 is 22.9 Å². The lowest BCUT2D eigenvalue weighted by atomic mass is 10.2. The number of carbonyl (C=O) groups is 1. The molecule has 1 amide bonds. The Morgan fingerprint density at radius 1 is 1.22 bits per heavy atom. The van der Waals surface area contributed by atoms with Crippen molar-refractivity contribution in [1.82, 2.24) is 4.98 Å². The molecular weight excluding hydrogens is 380 g/mol. The minimum Gasteiger partial charge on any atom is -0.493 e. The molecular formula is C21H19ClN2O2S. The van der Waals surface area contributed by atoms with Crippen LogP contribution in [-0.2, 0) is 4.79 Å². The number of amides is 1. The number of thiazole rings is 1. The molecule has 138 valence electrons. The highest BCUT2D eigenvalue weighted by atomic mass is 35.5. The highest BCUT2D eigenvalue weighted by molar-refractivity contribution is 7.14. The maximum Gasteiger partial charge on any atom is 0.250 e. The van der Waals surface area contributed by atoms with Crippen LogP contribution in [0, 0.1) is 0 Å². The smallest absolute Gasteiger partial charge is 0.250 e. The van der Waals surface area contributed by atoms with Gasteiger partial charge in [-0.15, -0.1) is 11.3 Å². The number of nitrogens with one attached hydrogen (secondary N) is 1. The van der Waals surface area contributed by atoms with E-state index >= 15 is 0 Å². The second-order valence-corrected chi connectivity index (χ2v) is 6.99. The van der Waals surface area contributed by atoms with E-state index in [9.17, 15) is 4.79 Å². The predicted molar refractivity (Wildman–Crippen MR) is 112 cm³/mol. The molecule has 0 aliphatic rings. The van der Waals surface area contributed by atoms with Crippen LogP contribution in [-0.4, -0.2) is 17.5 Å². The molecule has 0 atom stereocenters. The van der Waals surface area contributed by atoms with Gasteiger partial charge in [-0.2, -0.15) is 0 Å². The Morgan fingerprint density at radius 3 is 2.81 bits per heavy atom. The third kappa shape index (κ3) is 5.18. The van der Waals surface area contributed by atoms with Gasteiger partial charge in [0.05, 0.1) is 12.3 Å². The number of hydrogen-bond donors (Lipinski definition) is 1. The first kappa shape index (κ1) is 19.1. The van der Waals surface area contributed by atoms with Crippen molar-refractivity contribution in [2.45, 2.75) is 13.3 Å². The topological polar surface area (TPSA) is 51.2 Å². The molecule has 27 heavy (non-hydrogen) atoms. The maximum atomic E-state index is 12.2. The van der Waals surface area contributed by atoms with Crippen molar-refractivity contribution in [3.8, 4) is 17.0 Å². The Hall–Kier alpha value is -2.63. The van der Waals surface area contributed by atoms with Crippen LogP contribution in [0.5, 0.6) is 5.75 Å². The Labute approximate surface area is 167 Å². The quantitative estimate of drug-likeness (QED) is 0.504. The van der Waals surface area contributed by atoms with E-state index in [1.54, 1.807) is 6.08 Å². The van der Waals surface area contributed by atoms with Crippen molar-refractivity contribution in [1.29, 1.82) is 0 Å². The van der Waals surface area contributed by atoms with Crippen LogP contribution in [0.1, 0.15) is 18.9 Å². The number of benzene rings is 2. The zero-order valence-corrected chi connectivity index (χ0v) is 16.4. The van der Waals surface area contributed by atoms with E-state index in [1.165, 1.54) is 17.4 Å². The molecule has 3 rings (SSSR count). The lowest BCUT2D eigenvalue weighted by Crippen LogP contribution is -2.07. The van der Waals surface area contributed by atoms with Gasteiger partial charge >= 0.3 is 0 Å². The molecule has 1 aromatic heterocycles. The van der Waals surface area contributed by atoms with Crippen molar-refractivity contribution >= 4 is 40.1 Å². The molecule has 3 aromatic rings. The van der Waals surface area contributed by atoms with E-state index in [-0.39, 0.29) is 5.91 Å². The van der Waals surface area contributed by atoms with Gasteiger partial charge in [0.25, 0.3) is 0 Å². The molecule has 0 unspecified atom stereocenters. The predicted octanol–water partition coefficient (Wildman–Crippen LogP) is 5.90. The van der Waals surface area contributed by atoms with Crippen LogP contribution in [0.25, 0.3) is 17.3 Å². The van der Waals surface area contributed by atoms with Crippen molar-refractivity contribution in [2.24, 2.45) is 0 Å². The van der Waals surface area contributed by atoms with Gasteiger partial charge in [-0.25, -0.2) is 4.98 Å². The first-order valence-corrected chi connectivity index (χ1v) is 9.84. The maximum absolute atomic E-state index is 12.2. The molecule has 0 bridgehead atoms. The van der Waals surface area contributed by atoms with E-state index in [4.69, 9.17) is 16.3 Å². The summed E-state index contributed by atoms with van der Waals surface area (Å²) in [4.78, 5) is 16.7. The molecule has 1 N–H and O–H groups in total. The minimum absolute atomic E-state index is 0.250. The number of halogens is 1. The Bertz CT molecular complexity index is 953. The Balaban J connectivity index is 1.67. The standard InChI is InChI=1S/C21H19ClN2O2S/c1-2-13-26-19-10-6-3-7-15(19)11-12-20(25)24-21-23-18(14-27-21)16-8-4-5-9-17(16)22/h3-12,14H,2,13H2,1H3,(H,23,24,25)/b12-11+. The SMILES string of the molecule is CCCOc1ccccc1/C=C/C(=O)Nc1nc(-c2ccccc2Cl)cs1. The monoisotopic (exact) mass is 398 g/mol. The zero-order chi connectivity index (χ0) is 19.1. The first-order chi connectivity index (χ1) is 13.2. The summed E-state index contributed by atoms with van der Waals surface area (Å²) in [5, 5.41) is 5.80. The second kappa shape index (κ2) is 9.35. The van der Waals surface area contributed by atoms with Crippen LogP contribution in [0.2, 0.25) is 5.02 Å². The summed E-state index contributed by atoms with van der Waals surface area (Å²) in [5.41, 5.74) is 2.44. The number of hydrogen-bond acceptors (Lipinski definition) is 4. The largest absolute Gasteiger partial charge is 0.493 e. The summed E-state index contributed by atoms with van der Waals surface area (Å²) < 4.78 is 5.69.